The number of amides is 1. The van der Waals surface area contributed by atoms with E-state index in [-0.39, 0.29) is 19.5 Å². The smallest absolute Gasteiger partial charge is 0.408 e. The van der Waals surface area contributed by atoms with E-state index in [0.29, 0.717) is 12.8 Å². The number of nitro benzene ring substituents is 1. The SMILES string of the molecule is CCCCN(CC[C@H](NC(=O)OC(C)(C)C)C(=O)O)S(=O)(=O)c1ccccc1[N+](=O)[O-]. The van der Waals surface area contributed by atoms with Gasteiger partial charge in [-0.2, -0.15) is 4.31 Å². The van der Waals surface area contributed by atoms with Gasteiger partial charge in [0.15, 0.2) is 4.90 Å². The lowest BCUT2D eigenvalue weighted by molar-refractivity contribution is -0.387. The van der Waals surface area contributed by atoms with E-state index in [9.17, 15) is 33.2 Å². The van der Waals surface area contributed by atoms with E-state index in [1.165, 1.54) is 12.1 Å². The first-order chi connectivity index (χ1) is 14.3. The molecule has 0 fully saturated rings. The number of hydrogen-bond donors (Lipinski definition) is 2. The number of rotatable bonds is 11. The summed E-state index contributed by atoms with van der Waals surface area (Å²) >= 11 is 0. The summed E-state index contributed by atoms with van der Waals surface area (Å²) in [6.45, 7) is 6.49. The maximum Gasteiger partial charge on any atom is 0.408 e. The highest BCUT2D eigenvalue weighted by atomic mass is 32.2. The zero-order valence-corrected chi connectivity index (χ0v) is 18.8. The van der Waals surface area contributed by atoms with Crippen LogP contribution in [0.25, 0.3) is 0 Å². The zero-order valence-electron chi connectivity index (χ0n) is 18.0. The number of unbranched alkanes of at least 4 members (excludes halogenated alkanes) is 1. The molecule has 0 unspecified atom stereocenters. The Hall–Kier alpha value is -2.73. The highest BCUT2D eigenvalue weighted by Crippen LogP contribution is 2.26. The van der Waals surface area contributed by atoms with Crippen molar-refractivity contribution in [3.63, 3.8) is 0 Å². The van der Waals surface area contributed by atoms with Gasteiger partial charge in [-0.05, 0) is 39.7 Å². The minimum absolute atomic E-state index is 0.0453. The van der Waals surface area contributed by atoms with Gasteiger partial charge in [-0.3, -0.25) is 10.1 Å². The second-order valence-corrected chi connectivity index (χ2v) is 9.71. The molecule has 0 aliphatic carbocycles. The van der Waals surface area contributed by atoms with Crippen molar-refractivity contribution < 1.29 is 32.8 Å². The van der Waals surface area contributed by atoms with Crippen LogP contribution in [0.3, 0.4) is 0 Å². The predicted octanol–water partition coefficient (Wildman–Crippen LogP) is 2.75. The fourth-order valence-electron chi connectivity index (χ4n) is 2.63. The van der Waals surface area contributed by atoms with Crippen LogP contribution >= 0.6 is 0 Å². The molecule has 1 rings (SSSR count). The van der Waals surface area contributed by atoms with Crippen LogP contribution in [0, 0.1) is 10.1 Å². The van der Waals surface area contributed by atoms with Crippen LogP contribution in [0.1, 0.15) is 47.0 Å². The third-order valence-corrected chi connectivity index (χ3v) is 6.04. The summed E-state index contributed by atoms with van der Waals surface area (Å²) in [4.78, 5) is 33.5. The standard InChI is InChI=1S/C19H29N3O8S/c1-5-6-12-21(31(28,29)16-10-8-7-9-15(16)22(26)27)13-11-14(17(23)24)20-18(25)30-19(2,3)4/h7-10,14H,5-6,11-13H2,1-4H3,(H,20,25)(H,23,24)/t14-/m0/s1. The second kappa shape index (κ2) is 11.0. The average molecular weight is 460 g/mol. The molecule has 0 radical (unpaired) electrons. The molecular weight excluding hydrogens is 430 g/mol. The zero-order chi connectivity index (χ0) is 23.8. The number of benzene rings is 1. The molecule has 174 valence electrons. The summed E-state index contributed by atoms with van der Waals surface area (Å²) in [5, 5.41) is 22.9. The lowest BCUT2D eigenvalue weighted by Gasteiger charge is -2.25. The third kappa shape index (κ3) is 8.13. The van der Waals surface area contributed by atoms with Crippen LogP contribution in [0.15, 0.2) is 29.2 Å². The number of nitrogens with zero attached hydrogens (tertiary/aromatic N) is 2. The average Bonchev–Trinajstić information content (AvgIpc) is 2.65. The minimum atomic E-state index is -4.27. The van der Waals surface area contributed by atoms with Gasteiger partial charge in [-0.1, -0.05) is 25.5 Å². The first-order valence-electron chi connectivity index (χ1n) is 9.75. The molecule has 1 aromatic carbocycles. The van der Waals surface area contributed by atoms with E-state index in [1.54, 1.807) is 20.8 Å². The number of hydrogen-bond acceptors (Lipinski definition) is 7. The molecule has 0 heterocycles. The summed E-state index contributed by atoms with van der Waals surface area (Å²) in [5.41, 5.74) is -1.40. The third-order valence-electron chi connectivity index (χ3n) is 4.10. The van der Waals surface area contributed by atoms with Gasteiger partial charge in [-0.15, -0.1) is 0 Å². The van der Waals surface area contributed by atoms with Crippen molar-refractivity contribution in [3.05, 3.63) is 34.4 Å². The van der Waals surface area contributed by atoms with Gasteiger partial charge >= 0.3 is 12.1 Å². The number of carboxylic acid groups (broad SMARTS) is 1. The highest BCUT2D eigenvalue weighted by molar-refractivity contribution is 7.89. The summed E-state index contributed by atoms with van der Waals surface area (Å²) in [5.74, 6) is -1.36. The van der Waals surface area contributed by atoms with E-state index >= 15 is 0 Å². The van der Waals surface area contributed by atoms with Crippen molar-refractivity contribution >= 4 is 27.8 Å². The van der Waals surface area contributed by atoms with Gasteiger partial charge in [0.1, 0.15) is 11.6 Å². The van der Waals surface area contributed by atoms with Gasteiger partial charge in [0.2, 0.25) is 10.0 Å². The molecule has 31 heavy (non-hydrogen) atoms. The van der Waals surface area contributed by atoms with Gasteiger partial charge in [-0.25, -0.2) is 18.0 Å². The van der Waals surface area contributed by atoms with E-state index in [4.69, 9.17) is 4.74 Å². The summed E-state index contributed by atoms with van der Waals surface area (Å²) in [6, 6.07) is 3.57. The lowest BCUT2D eigenvalue weighted by Crippen LogP contribution is -2.45. The number of carbonyl (C=O) groups excluding carboxylic acids is 1. The molecule has 0 spiro atoms. The monoisotopic (exact) mass is 459 g/mol. The van der Waals surface area contributed by atoms with Crippen LogP contribution in [0.2, 0.25) is 0 Å². The molecule has 2 N–H and O–H groups in total. The van der Waals surface area contributed by atoms with Gasteiger partial charge in [0, 0.05) is 19.2 Å². The minimum Gasteiger partial charge on any atom is -0.480 e. The normalized spacial score (nSPS) is 12.9. The molecule has 0 aliphatic heterocycles. The Kier molecular flexibility index (Phi) is 9.38. The number of ether oxygens (including phenoxy) is 1. The number of carboxylic acids is 1. The Balaban J connectivity index is 3.10. The molecule has 0 bridgehead atoms. The topological polar surface area (TPSA) is 156 Å². The molecule has 12 heteroatoms. The first-order valence-corrected chi connectivity index (χ1v) is 11.2. The number of aliphatic carboxylic acids is 1. The van der Waals surface area contributed by atoms with Crippen LogP contribution in [0.5, 0.6) is 0 Å². The van der Waals surface area contributed by atoms with Gasteiger partial charge in [0.05, 0.1) is 4.92 Å². The van der Waals surface area contributed by atoms with Crippen molar-refractivity contribution in [3.8, 4) is 0 Å². The maximum atomic E-state index is 13.1. The van der Waals surface area contributed by atoms with Crippen molar-refractivity contribution in [2.45, 2.75) is 63.5 Å². The second-order valence-electron chi connectivity index (χ2n) is 7.81. The molecule has 1 aromatic rings. The molecule has 0 saturated carbocycles. The Morgan fingerprint density at radius 3 is 2.39 bits per heavy atom. The van der Waals surface area contributed by atoms with E-state index < -0.39 is 49.2 Å². The predicted molar refractivity (Wildman–Crippen MR) is 112 cm³/mol. The first kappa shape index (κ1) is 26.3. The molecule has 0 saturated heterocycles. The van der Waals surface area contributed by atoms with Crippen LogP contribution in [0.4, 0.5) is 10.5 Å². The van der Waals surface area contributed by atoms with Gasteiger partial charge < -0.3 is 15.2 Å². The number of nitrogens with one attached hydrogen (secondary N) is 1. The summed E-state index contributed by atoms with van der Waals surface area (Å²) in [6.07, 6.45) is -0.0713. The van der Waals surface area contributed by atoms with E-state index in [1.807, 2.05) is 6.92 Å². The number of nitro groups is 1. The lowest BCUT2D eigenvalue weighted by atomic mass is 10.2. The number of carbonyl (C=O) groups is 2. The van der Waals surface area contributed by atoms with Crippen molar-refractivity contribution in [1.82, 2.24) is 9.62 Å². The molecular formula is C19H29N3O8S. The fraction of sp³-hybridized carbons (Fsp3) is 0.579. The highest BCUT2D eigenvalue weighted by Gasteiger charge is 2.32. The Bertz CT molecular complexity index is 896. The summed E-state index contributed by atoms with van der Waals surface area (Å²) < 4.78 is 32.3. The molecule has 11 nitrogen and oxygen atoms in total. The Labute approximate surface area is 181 Å². The number of alkyl carbamates (subject to hydrolysis) is 1. The molecule has 0 aliphatic rings. The fourth-order valence-corrected chi connectivity index (χ4v) is 4.28. The maximum absolute atomic E-state index is 13.1. The number of sulfonamides is 1. The molecule has 1 amide bonds. The van der Waals surface area contributed by atoms with Crippen molar-refractivity contribution in [1.29, 1.82) is 0 Å². The van der Waals surface area contributed by atoms with E-state index in [0.717, 1.165) is 16.4 Å². The van der Waals surface area contributed by atoms with E-state index in [2.05, 4.69) is 5.32 Å². The van der Waals surface area contributed by atoms with Gasteiger partial charge in [0.25, 0.3) is 5.69 Å². The Morgan fingerprint density at radius 1 is 1.26 bits per heavy atom. The molecule has 1 atom stereocenters. The van der Waals surface area contributed by atoms with Crippen molar-refractivity contribution in [2.75, 3.05) is 13.1 Å². The molecule has 0 aromatic heterocycles. The quantitative estimate of drug-likeness (QED) is 0.378. The van der Waals surface area contributed by atoms with Crippen LogP contribution in [-0.4, -0.2) is 59.5 Å². The van der Waals surface area contributed by atoms with Crippen LogP contribution < -0.4 is 5.32 Å². The summed E-state index contributed by atoms with van der Waals surface area (Å²) in [7, 11) is -4.27. The Morgan fingerprint density at radius 2 is 1.87 bits per heavy atom. The number of para-hydroxylation sites is 1. The van der Waals surface area contributed by atoms with Crippen molar-refractivity contribution in [2.24, 2.45) is 0 Å². The largest absolute Gasteiger partial charge is 0.480 e. The van der Waals surface area contributed by atoms with Crippen LogP contribution in [-0.2, 0) is 19.6 Å².